The van der Waals surface area contributed by atoms with Crippen molar-refractivity contribution in [3.8, 4) is 0 Å². The predicted octanol–water partition coefficient (Wildman–Crippen LogP) is 2.34. The zero-order valence-electron chi connectivity index (χ0n) is 12.7. The largest absolute Gasteiger partial charge is 0.327 e. The summed E-state index contributed by atoms with van der Waals surface area (Å²) in [4.78, 5) is 10.3. The lowest BCUT2D eigenvalue weighted by Gasteiger charge is -2.34. The van der Waals surface area contributed by atoms with Gasteiger partial charge in [-0.15, -0.1) is 12.4 Å². The van der Waals surface area contributed by atoms with Crippen LogP contribution in [0.25, 0.3) is 0 Å². The maximum Gasteiger partial charge on any atom is 0.275 e. The van der Waals surface area contributed by atoms with Crippen LogP contribution >= 0.6 is 24.0 Å². The minimum atomic E-state index is -3.82. The van der Waals surface area contributed by atoms with Crippen LogP contribution in [0.1, 0.15) is 18.9 Å². The number of halogens is 2. The smallest absolute Gasteiger partial charge is 0.275 e. The van der Waals surface area contributed by atoms with Crippen LogP contribution in [0.15, 0.2) is 17.0 Å². The second kappa shape index (κ2) is 7.31. The van der Waals surface area contributed by atoms with Gasteiger partial charge in [0.15, 0.2) is 0 Å². The van der Waals surface area contributed by atoms with Gasteiger partial charge < -0.3 is 5.73 Å². The van der Waals surface area contributed by atoms with Gasteiger partial charge in [0.2, 0.25) is 10.0 Å². The molecule has 2 rings (SSSR count). The normalized spacial score (nSPS) is 22.4. The summed E-state index contributed by atoms with van der Waals surface area (Å²) in [5.74, 6) is 0.0273. The lowest BCUT2D eigenvalue weighted by atomic mass is 9.96. The van der Waals surface area contributed by atoms with E-state index in [0.717, 1.165) is 6.07 Å². The lowest BCUT2D eigenvalue weighted by Crippen LogP contribution is -2.48. The van der Waals surface area contributed by atoms with Crippen LogP contribution in [-0.4, -0.2) is 36.8 Å². The molecule has 2 N–H and O–H groups in total. The van der Waals surface area contributed by atoms with E-state index in [1.165, 1.54) is 17.3 Å². The molecule has 0 radical (unpaired) electrons. The summed E-state index contributed by atoms with van der Waals surface area (Å²) >= 11 is 5.95. The molecule has 0 aliphatic carbocycles. The number of piperidine rings is 1. The summed E-state index contributed by atoms with van der Waals surface area (Å²) in [5, 5.41) is 11.1. The van der Waals surface area contributed by atoms with Crippen molar-refractivity contribution >= 4 is 39.7 Å². The molecule has 1 aliphatic heterocycles. The van der Waals surface area contributed by atoms with E-state index in [9.17, 15) is 18.5 Å². The zero-order valence-corrected chi connectivity index (χ0v) is 15.1. The fourth-order valence-electron chi connectivity index (χ4n) is 2.47. The zero-order chi connectivity index (χ0) is 16.7. The van der Waals surface area contributed by atoms with Gasteiger partial charge in [-0.05, 0) is 25.3 Å². The first-order valence-electron chi connectivity index (χ1n) is 6.85. The first-order chi connectivity index (χ1) is 10.1. The van der Waals surface area contributed by atoms with Gasteiger partial charge in [0, 0.05) is 30.8 Å². The van der Waals surface area contributed by atoms with Crippen molar-refractivity contribution < 1.29 is 13.3 Å². The van der Waals surface area contributed by atoms with Crippen LogP contribution in [0.2, 0.25) is 5.02 Å². The Labute approximate surface area is 146 Å². The highest BCUT2D eigenvalue weighted by molar-refractivity contribution is 7.89. The minimum Gasteiger partial charge on any atom is -0.327 e. The Kier molecular flexibility index (Phi) is 6.39. The number of sulfonamides is 1. The van der Waals surface area contributed by atoms with Crippen molar-refractivity contribution in [2.75, 3.05) is 13.1 Å². The van der Waals surface area contributed by atoms with Crippen molar-refractivity contribution in [3.63, 3.8) is 0 Å². The van der Waals surface area contributed by atoms with E-state index in [1.54, 1.807) is 0 Å². The van der Waals surface area contributed by atoms with Crippen LogP contribution in [-0.2, 0) is 10.0 Å². The predicted molar refractivity (Wildman–Crippen MR) is 90.6 cm³/mol. The lowest BCUT2D eigenvalue weighted by molar-refractivity contribution is -0.385. The number of nitrogens with zero attached hydrogens (tertiary/aromatic N) is 2. The number of nitrogens with two attached hydrogens (primary N) is 1. The second-order valence-corrected chi connectivity index (χ2v) is 7.94. The third-order valence-corrected chi connectivity index (χ3v) is 6.29. The van der Waals surface area contributed by atoms with Crippen LogP contribution < -0.4 is 5.73 Å². The van der Waals surface area contributed by atoms with Crippen molar-refractivity contribution in [2.24, 2.45) is 11.7 Å². The highest BCUT2D eigenvalue weighted by Crippen LogP contribution is 2.32. The van der Waals surface area contributed by atoms with E-state index >= 15 is 0 Å². The van der Waals surface area contributed by atoms with Gasteiger partial charge in [-0.25, -0.2) is 8.42 Å². The molecule has 7 nitrogen and oxygen atoms in total. The average molecular weight is 384 g/mol. The molecule has 0 spiro atoms. The number of nitro groups is 1. The Morgan fingerprint density at radius 1 is 1.43 bits per heavy atom. The molecule has 0 bridgehead atoms. The molecule has 0 saturated carbocycles. The molecule has 0 amide bonds. The summed E-state index contributed by atoms with van der Waals surface area (Å²) in [6.07, 6.45) is 0.558. The summed E-state index contributed by atoms with van der Waals surface area (Å²) in [5.41, 5.74) is 5.85. The highest BCUT2D eigenvalue weighted by Gasteiger charge is 2.33. The third-order valence-electron chi connectivity index (χ3n) is 4.06. The Morgan fingerprint density at radius 2 is 2.04 bits per heavy atom. The standard InChI is InChI=1S/C13H18ClN3O4S.ClH/c1-8-7-16(4-3-12(8)15)22(20,21)10-5-11(14)9(2)13(6-10)17(18)19;/h5-6,8,12H,3-4,7,15H2,1-2H3;1H. The fourth-order valence-corrected chi connectivity index (χ4v) is 4.35. The van der Waals surface area contributed by atoms with E-state index in [1.807, 2.05) is 6.92 Å². The van der Waals surface area contributed by atoms with Gasteiger partial charge in [-0.3, -0.25) is 10.1 Å². The molecule has 10 heteroatoms. The summed E-state index contributed by atoms with van der Waals surface area (Å²) in [7, 11) is -3.82. The first kappa shape index (κ1) is 20.1. The fraction of sp³-hybridized carbons (Fsp3) is 0.538. The molecule has 0 aromatic heterocycles. The third kappa shape index (κ3) is 3.95. The molecule has 1 aromatic rings. The number of nitro benzene ring substituents is 1. The Hall–Kier alpha value is -0.930. The van der Waals surface area contributed by atoms with Gasteiger partial charge in [-0.2, -0.15) is 4.31 Å². The van der Waals surface area contributed by atoms with Crippen molar-refractivity contribution in [2.45, 2.75) is 31.2 Å². The summed E-state index contributed by atoms with van der Waals surface area (Å²) in [6, 6.07) is 2.29. The topological polar surface area (TPSA) is 107 Å². The van der Waals surface area contributed by atoms with E-state index in [-0.39, 0.29) is 45.5 Å². The number of hydrogen-bond donors (Lipinski definition) is 1. The summed E-state index contributed by atoms with van der Waals surface area (Å²) < 4.78 is 26.7. The van der Waals surface area contributed by atoms with E-state index in [4.69, 9.17) is 17.3 Å². The molecule has 130 valence electrons. The van der Waals surface area contributed by atoms with Crippen LogP contribution in [0.3, 0.4) is 0 Å². The van der Waals surface area contributed by atoms with Gasteiger partial charge in [-0.1, -0.05) is 18.5 Å². The van der Waals surface area contributed by atoms with E-state index in [0.29, 0.717) is 19.5 Å². The monoisotopic (exact) mass is 383 g/mol. The Morgan fingerprint density at radius 3 is 2.57 bits per heavy atom. The van der Waals surface area contributed by atoms with Crippen molar-refractivity contribution in [1.29, 1.82) is 0 Å². The molecule has 1 heterocycles. The van der Waals surface area contributed by atoms with Crippen molar-refractivity contribution in [1.82, 2.24) is 4.31 Å². The van der Waals surface area contributed by atoms with Gasteiger partial charge >= 0.3 is 0 Å². The molecular formula is C13H19Cl2N3O4S. The molecule has 1 fully saturated rings. The van der Waals surface area contributed by atoms with Crippen LogP contribution in [0, 0.1) is 23.0 Å². The van der Waals surface area contributed by atoms with Gasteiger partial charge in [0.25, 0.3) is 5.69 Å². The molecule has 2 atom stereocenters. The highest BCUT2D eigenvalue weighted by atomic mass is 35.5. The maximum atomic E-state index is 12.7. The van der Waals surface area contributed by atoms with Gasteiger partial charge in [0.1, 0.15) is 0 Å². The Balaban J connectivity index is 0.00000264. The number of rotatable bonds is 3. The Bertz CT molecular complexity index is 711. The molecule has 1 aliphatic rings. The van der Waals surface area contributed by atoms with Gasteiger partial charge in [0.05, 0.1) is 14.8 Å². The quantitative estimate of drug-likeness (QED) is 0.636. The van der Waals surface area contributed by atoms with Crippen molar-refractivity contribution in [3.05, 3.63) is 32.8 Å². The minimum absolute atomic E-state index is 0. The molecule has 1 aromatic carbocycles. The SMILES string of the molecule is Cc1c(Cl)cc(S(=O)(=O)N2CCC(N)C(C)C2)cc1[N+](=O)[O-].Cl. The maximum absolute atomic E-state index is 12.7. The summed E-state index contributed by atoms with van der Waals surface area (Å²) in [6.45, 7) is 3.96. The van der Waals surface area contributed by atoms with Crippen LogP contribution in [0.4, 0.5) is 5.69 Å². The second-order valence-electron chi connectivity index (χ2n) is 5.60. The molecule has 1 saturated heterocycles. The first-order valence-corrected chi connectivity index (χ1v) is 8.66. The van der Waals surface area contributed by atoms with E-state index in [2.05, 4.69) is 0 Å². The number of hydrogen-bond acceptors (Lipinski definition) is 5. The molecule has 2 unspecified atom stereocenters. The molecular weight excluding hydrogens is 365 g/mol. The van der Waals surface area contributed by atoms with E-state index < -0.39 is 14.9 Å². The van der Waals surface area contributed by atoms with Crippen LogP contribution in [0.5, 0.6) is 0 Å². The average Bonchev–Trinajstić information content (AvgIpc) is 2.44. The molecule has 23 heavy (non-hydrogen) atoms. The number of benzene rings is 1.